The summed E-state index contributed by atoms with van der Waals surface area (Å²) in [4.78, 5) is 20.7. The van der Waals surface area contributed by atoms with Gasteiger partial charge in [-0.3, -0.25) is 4.79 Å². The molecule has 2 heterocycles. The number of nitrogens with zero attached hydrogens (tertiary/aromatic N) is 4. The molecule has 0 saturated carbocycles. The lowest BCUT2D eigenvalue weighted by Gasteiger charge is -2.11. The molecule has 30 heavy (non-hydrogen) atoms. The zero-order chi connectivity index (χ0) is 21.3. The monoisotopic (exact) mass is 422 g/mol. The number of aromatic nitrogens is 4. The molecule has 0 spiro atoms. The molecule has 0 radical (unpaired) electrons. The van der Waals surface area contributed by atoms with Crippen LogP contribution in [0.15, 0.2) is 48.8 Å². The molecule has 8 nitrogen and oxygen atoms in total. The second-order valence-electron chi connectivity index (χ2n) is 6.76. The molecule has 0 atom stereocenters. The number of amides is 1. The summed E-state index contributed by atoms with van der Waals surface area (Å²) in [6.07, 6.45) is 1.40. The summed E-state index contributed by atoms with van der Waals surface area (Å²) in [6.45, 7) is 2.10. The second kappa shape index (κ2) is 8.00. The van der Waals surface area contributed by atoms with Crippen LogP contribution in [-0.4, -0.2) is 25.7 Å². The highest BCUT2D eigenvalue weighted by Gasteiger charge is 2.15. The standard InChI is InChI=1S/C21H19ClN6O2/c1-12-6-7-15(26-21(29)13-4-3-5-14(22)8-13)9-17(12)30-10-16-18-19(23)24-11-25-20(18)28(2)27-16/h3-9,11H,10H2,1-2H3,(H,26,29)(H2,23,24,25). The van der Waals surface area contributed by atoms with Crippen LogP contribution in [0.3, 0.4) is 0 Å². The predicted molar refractivity (Wildman–Crippen MR) is 116 cm³/mol. The largest absolute Gasteiger partial charge is 0.487 e. The Hall–Kier alpha value is -3.65. The average molecular weight is 423 g/mol. The zero-order valence-corrected chi connectivity index (χ0v) is 17.1. The van der Waals surface area contributed by atoms with Gasteiger partial charge in [-0.2, -0.15) is 5.10 Å². The Bertz CT molecular complexity index is 1250. The second-order valence-corrected chi connectivity index (χ2v) is 7.20. The predicted octanol–water partition coefficient (Wildman–Crippen LogP) is 3.74. The zero-order valence-electron chi connectivity index (χ0n) is 16.4. The highest BCUT2D eigenvalue weighted by Crippen LogP contribution is 2.26. The van der Waals surface area contributed by atoms with Crippen molar-refractivity contribution >= 4 is 40.0 Å². The van der Waals surface area contributed by atoms with Gasteiger partial charge in [0.05, 0.1) is 5.39 Å². The summed E-state index contributed by atoms with van der Waals surface area (Å²) in [6, 6.07) is 12.2. The molecule has 0 unspecified atom stereocenters. The number of ether oxygens (including phenoxy) is 1. The van der Waals surface area contributed by atoms with Crippen molar-refractivity contribution < 1.29 is 9.53 Å². The van der Waals surface area contributed by atoms with Crippen molar-refractivity contribution in [1.29, 1.82) is 0 Å². The van der Waals surface area contributed by atoms with Crippen molar-refractivity contribution in [3.05, 3.63) is 70.6 Å². The number of nitrogens with two attached hydrogens (primary N) is 1. The molecule has 9 heteroatoms. The Morgan fingerprint density at radius 3 is 2.87 bits per heavy atom. The fourth-order valence-corrected chi connectivity index (χ4v) is 3.29. The lowest BCUT2D eigenvalue weighted by molar-refractivity contribution is 0.102. The van der Waals surface area contributed by atoms with Gasteiger partial charge in [0.1, 0.15) is 30.2 Å². The van der Waals surface area contributed by atoms with Crippen molar-refractivity contribution in [1.82, 2.24) is 19.7 Å². The Labute approximate surface area is 177 Å². The lowest BCUT2D eigenvalue weighted by atomic mass is 10.1. The third-order valence-corrected chi connectivity index (χ3v) is 4.85. The van der Waals surface area contributed by atoms with Crippen LogP contribution >= 0.6 is 11.6 Å². The Morgan fingerprint density at radius 1 is 1.23 bits per heavy atom. The summed E-state index contributed by atoms with van der Waals surface area (Å²) < 4.78 is 7.63. The average Bonchev–Trinajstić information content (AvgIpc) is 3.05. The van der Waals surface area contributed by atoms with Gasteiger partial charge in [0.2, 0.25) is 0 Å². The highest BCUT2D eigenvalue weighted by atomic mass is 35.5. The van der Waals surface area contributed by atoms with Crippen LogP contribution in [-0.2, 0) is 13.7 Å². The maximum Gasteiger partial charge on any atom is 0.255 e. The number of halogens is 1. The first-order chi connectivity index (χ1) is 14.4. The van der Waals surface area contributed by atoms with Gasteiger partial charge in [0, 0.05) is 29.4 Å². The van der Waals surface area contributed by atoms with Crippen LogP contribution in [0.1, 0.15) is 21.6 Å². The summed E-state index contributed by atoms with van der Waals surface area (Å²) >= 11 is 5.97. The first-order valence-corrected chi connectivity index (χ1v) is 9.52. The molecule has 0 fully saturated rings. The molecule has 3 N–H and O–H groups in total. The molecule has 0 aliphatic carbocycles. The van der Waals surface area contributed by atoms with Gasteiger partial charge in [-0.1, -0.05) is 23.7 Å². The van der Waals surface area contributed by atoms with E-state index in [-0.39, 0.29) is 12.5 Å². The molecule has 2 aromatic heterocycles. The van der Waals surface area contributed by atoms with E-state index in [1.807, 2.05) is 19.1 Å². The summed E-state index contributed by atoms with van der Waals surface area (Å²) in [7, 11) is 1.79. The topological polar surface area (TPSA) is 108 Å². The van der Waals surface area contributed by atoms with E-state index >= 15 is 0 Å². The fraction of sp³-hybridized carbons (Fsp3) is 0.143. The molecule has 0 bridgehead atoms. The molecule has 2 aromatic carbocycles. The Morgan fingerprint density at radius 2 is 2.07 bits per heavy atom. The molecule has 0 aliphatic rings. The molecule has 4 rings (SSSR count). The number of fused-ring (bicyclic) bond motifs is 1. The minimum atomic E-state index is -0.257. The number of hydrogen-bond acceptors (Lipinski definition) is 6. The molecular weight excluding hydrogens is 404 g/mol. The van der Waals surface area contributed by atoms with Crippen molar-refractivity contribution in [2.24, 2.45) is 7.05 Å². The van der Waals surface area contributed by atoms with E-state index < -0.39 is 0 Å². The minimum absolute atomic E-state index is 0.182. The first kappa shape index (κ1) is 19.7. The molecule has 1 amide bonds. The molecule has 4 aromatic rings. The lowest BCUT2D eigenvalue weighted by Crippen LogP contribution is -2.12. The first-order valence-electron chi connectivity index (χ1n) is 9.15. The molecule has 0 aliphatic heterocycles. The minimum Gasteiger partial charge on any atom is -0.487 e. The van der Waals surface area contributed by atoms with Gasteiger partial charge in [0.15, 0.2) is 5.65 Å². The van der Waals surface area contributed by atoms with Crippen LogP contribution < -0.4 is 15.8 Å². The van der Waals surface area contributed by atoms with E-state index in [9.17, 15) is 4.79 Å². The molecule has 152 valence electrons. The SMILES string of the molecule is Cc1ccc(NC(=O)c2cccc(Cl)c2)cc1OCc1nn(C)c2ncnc(N)c12. The maximum absolute atomic E-state index is 12.5. The number of hydrogen-bond donors (Lipinski definition) is 2. The quantitative estimate of drug-likeness (QED) is 0.507. The Kier molecular flexibility index (Phi) is 5.24. The van der Waals surface area contributed by atoms with Crippen LogP contribution in [0.2, 0.25) is 5.02 Å². The fourth-order valence-electron chi connectivity index (χ4n) is 3.10. The number of nitrogens with one attached hydrogen (secondary N) is 1. The normalized spacial score (nSPS) is 10.9. The summed E-state index contributed by atoms with van der Waals surface area (Å²) in [5, 5.41) is 8.47. The van der Waals surface area contributed by atoms with Gasteiger partial charge in [-0.15, -0.1) is 0 Å². The van der Waals surface area contributed by atoms with Gasteiger partial charge >= 0.3 is 0 Å². The van der Waals surface area contributed by atoms with Crippen molar-refractivity contribution in [2.45, 2.75) is 13.5 Å². The van der Waals surface area contributed by atoms with Crippen molar-refractivity contribution in [2.75, 3.05) is 11.1 Å². The van der Waals surface area contributed by atoms with Gasteiger partial charge < -0.3 is 15.8 Å². The van der Waals surface area contributed by atoms with E-state index in [2.05, 4.69) is 20.4 Å². The number of benzene rings is 2. The van der Waals surface area contributed by atoms with Crippen molar-refractivity contribution in [3.63, 3.8) is 0 Å². The van der Waals surface area contributed by atoms with E-state index in [0.717, 1.165) is 5.56 Å². The van der Waals surface area contributed by atoms with Gasteiger partial charge in [-0.25, -0.2) is 14.6 Å². The number of rotatable bonds is 5. The van der Waals surface area contributed by atoms with Crippen LogP contribution in [0.4, 0.5) is 11.5 Å². The highest BCUT2D eigenvalue weighted by molar-refractivity contribution is 6.31. The number of anilines is 2. The smallest absolute Gasteiger partial charge is 0.255 e. The third-order valence-electron chi connectivity index (χ3n) is 4.62. The van der Waals surface area contributed by atoms with E-state index in [4.69, 9.17) is 22.1 Å². The summed E-state index contributed by atoms with van der Waals surface area (Å²) in [5.41, 5.74) is 9.27. The van der Waals surface area contributed by atoms with E-state index in [0.29, 0.717) is 44.6 Å². The Balaban J connectivity index is 1.54. The maximum atomic E-state index is 12.5. The van der Waals surface area contributed by atoms with E-state index in [1.165, 1.54) is 6.33 Å². The number of aryl methyl sites for hydroxylation is 2. The van der Waals surface area contributed by atoms with Gasteiger partial charge in [0.25, 0.3) is 5.91 Å². The molecular formula is C21H19ClN6O2. The van der Waals surface area contributed by atoms with Gasteiger partial charge in [-0.05, 0) is 36.8 Å². The third kappa shape index (κ3) is 3.90. The van der Waals surface area contributed by atoms with E-state index in [1.54, 1.807) is 42.1 Å². The van der Waals surface area contributed by atoms with Crippen LogP contribution in [0.25, 0.3) is 11.0 Å². The molecule has 0 saturated heterocycles. The van der Waals surface area contributed by atoms with Crippen LogP contribution in [0.5, 0.6) is 5.75 Å². The number of carbonyl (C=O) groups is 1. The summed E-state index contributed by atoms with van der Waals surface area (Å²) in [5.74, 6) is 0.715. The van der Waals surface area contributed by atoms with Crippen molar-refractivity contribution in [3.8, 4) is 5.75 Å². The number of nitrogen functional groups attached to an aromatic ring is 1. The number of carbonyl (C=O) groups excluding carboxylic acids is 1. The van der Waals surface area contributed by atoms with Crippen LogP contribution in [0, 0.1) is 6.92 Å².